The number of piperidine rings is 1. The number of hydrogen-bond acceptors (Lipinski definition) is 7. The number of anilines is 1. The third-order valence-electron chi connectivity index (χ3n) is 9.17. The van der Waals surface area contributed by atoms with Crippen LogP contribution in [0.25, 0.3) is 11.3 Å². The number of amides is 2. The highest BCUT2D eigenvalue weighted by molar-refractivity contribution is 6.04. The molecule has 2 aromatic carbocycles. The Morgan fingerprint density at radius 3 is 2.51 bits per heavy atom. The van der Waals surface area contributed by atoms with Gasteiger partial charge in [0.25, 0.3) is 5.91 Å². The maximum absolute atomic E-state index is 14.1. The van der Waals surface area contributed by atoms with Gasteiger partial charge in [0.15, 0.2) is 0 Å². The largest absolute Gasteiger partial charge is 0.477 e. The van der Waals surface area contributed by atoms with Gasteiger partial charge in [0, 0.05) is 36.9 Å². The van der Waals surface area contributed by atoms with E-state index in [0.29, 0.717) is 48.7 Å². The first kappa shape index (κ1) is 32.0. The van der Waals surface area contributed by atoms with Crippen LogP contribution in [0, 0.1) is 5.92 Å². The van der Waals surface area contributed by atoms with Crippen molar-refractivity contribution < 1.29 is 32.2 Å². The van der Waals surface area contributed by atoms with Crippen molar-refractivity contribution >= 4 is 17.7 Å². The van der Waals surface area contributed by atoms with E-state index in [1.165, 1.54) is 12.1 Å². The molecule has 0 saturated carbocycles. The first-order chi connectivity index (χ1) is 22.7. The van der Waals surface area contributed by atoms with Crippen molar-refractivity contribution in [3.63, 3.8) is 0 Å². The summed E-state index contributed by atoms with van der Waals surface area (Å²) in [6, 6.07) is 22.0. The van der Waals surface area contributed by atoms with E-state index in [9.17, 15) is 22.8 Å². The topological polar surface area (TPSA) is 84.9 Å². The molecule has 0 bridgehead atoms. The van der Waals surface area contributed by atoms with Gasteiger partial charge in [-0.25, -0.2) is 19.7 Å². The minimum atomic E-state index is -4.51. The summed E-state index contributed by atoms with van der Waals surface area (Å²) in [5.41, 5.74) is 1.26. The summed E-state index contributed by atoms with van der Waals surface area (Å²) < 4.78 is 53.4. The molecule has 0 unspecified atom stereocenters. The summed E-state index contributed by atoms with van der Waals surface area (Å²) in [6.45, 7) is 4.78. The minimum Gasteiger partial charge on any atom is -0.477 e. The van der Waals surface area contributed by atoms with Gasteiger partial charge in [-0.15, -0.1) is 0 Å². The summed E-state index contributed by atoms with van der Waals surface area (Å²) in [5.74, 6) is -0.450. The number of carbonyl (C=O) groups excluding carboxylic acids is 2. The van der Waals surface area contributed by atoms with Gasteiger partial charge >= 0.3 is 12.3 Å². The molecule has 2 amide bonds. The van der Waals surface area contributed by atoms with E-state index in [1.54, 1.807) is 29.3 Å². The minimum absolute atomic E-state index is 0.0244. The van der Waals surface area contributed by atoms with Gasteiger partial charge in [0.2, 0.25) is 5.88 Å². The zero-order chi connectivity index (χ0) is 33.2. The third-order valence-corrected chi connectivity index (χ3v) is 9.17. The quantitative estimate of drug-likeness (QED) is 0.206. The Balaban J connectivity index is 1.41. The Kier molecular flexibility index (Phi) is 8.90. The summed E-state index contributed by atoms with van der Waals surface area (Å²) in [4.78, 5) is 39.8. The van der Waals surface area contributed by atoms with Gasteiger partial charge in [-0.05, 0) is 60.7 Å². The van der Waals surface area contributed by atoms with Crippen LogP contribution in [0.3, 0.4) is 0 Å². The van der Waals surface area contributed by atoms with Crippen LogP contribution < -0.4 is 9.64 Å². The van der Waals surface area contributed by atoms with Gasteiger partial charge in [0.1, 0.15) is 12.3 Å². The zero-order valence-electron chi connectivity index (χ0n) is 26.2. The number of fused-ring (bicyclic) bond motifs is 2. The number of rotatable bonds is 7. The van der Waals surface area contributed by atoms with E-state index in [0.717, 1.165) is 16.5 Å². The highest BCUT2D eigenvalue weighted by Gasteiger charge is 2.53. The number of ether oxygens (including phenoxy) is 2. The molecule has 2 aromatic heterocycles. The van der Waals surface area contributed by atoms with Gasteiger partial charge < -0.3 is 14.4 Å². The number of nitrogens with zero attached hydrogens (tertiary/aromatic N) is 4. The molecule has 1 saturated heterocycles. The van der Waals surface area contributed by atoms with Crippen LogP contribution in [-0.2, 0) is 22.9 Å². The molecule has 0 N–H and O–H groups in total. The third kappa shape index (κ3) is 6.14. The molecule has 11 heteroatoms. The van der Waals surface area contributed by atoms with Crippen molar-refractivity contribution in [2.24, 2.45) is 5.92 Å². The number of para-hydroxylation sites is 1. The lowest BCUT2D eigenvalue weighted by molar-refractivity contribution is -0.137. The summed E-state index contributed by atoms with van der Waals surface area (Å²) in [7, 11) is 0. The van der Waals surface area contributed by atoms with Gasteiger partial charge in [-0.1, -0.05) is 61.9 Å². The molecule has 2 aliphatic heterocycles. The van der Waals surface area contributed by atoms with Crippen LogP contribution in [0.15, 0.2) is 85.1 Å². The first-order valence-electron chi connectivity index (χ1n) is 15.7. The van der Waals surface area contributed by atoms with E-state index >= 15 is 0 Å². The number of benzene rings is 2. The van der Waals surface area contributed by atoms with Crippen LogP contribution in [-0.4, -0.2) is 53.1 Å². The van der Waals surface area contributed by atoms with E-state index < -0.39 is 29.2 Å². The lowest BCUT2D eigenvalue weighted by Crippen LogP contribution is -2.60. The van der Waals surface area contributed by atoms with Gasteiger partial charge in [-0.2, -0.15) is 13.2 Å². The molecule has 2 aliphatic rings. The Morgan fingerprint density at radius 1 is 1.00 bits per heavy atom. The second kappa shape index (κ2) is 13.1. The van der Waals surface area contributed by atoms with Crippen molar-refractivity contribution in [3.05, 3.63) is 107 Å². The number of hydrogen-bond donors (Lipinski definition) is 0. The molecular weight excluding hydrogens is 609 g/mol. The molecule has 2 atom stereocenters. The standard InChI is InChI=1S/C36H35F3N4O4/c1-3-25-21-42(30-15-9-8-14-27(30)36(37,38)39)20-18-35(25)23-43(34(45)47-22-24-11-6-5-7-12-24)33(44)31-28(35)16-17-29(41-31)26-13-10-19-40-32(26)46-4-2/h5-17,19,25H,3-4,18,20-23H2,1-2H3/t25-,35+/m1/s1. The number of alkyl halides is 3. The fourth-order valence-electron chi connectivity index (χ4n) is 6.88. The molecular formula is C36H35F3N4O4. The number of halogens is 3. The van der Waals surface area contributed by atoms with Crippen molar-refractivity contribution in [3.8, 4) is 17.1 Å². The zero-order valence-corrected chi connectivity index (χ0v) is 26.2. The highest BCUT2D eigenvalue weighted by atomic mass is 19.4. The first-order valence-corrected chi connectivity index (χ1v) is 15.7. The summed E-state index contributed by atoms with van der Waals surface area (Å²) >= 11 is 0. The van der Waals surface area contributed by atoms with Crippen LogP contribution in [0.4, 0.5) is 23.7 Å². The molecule has 244 valence electrons. The molecule has 1 spiro atoms. The normalized spacial score (nSPS) is 19.4. The van der Waals surface area contributed by atoms with Gasteiger partial charge in [0.05, 0.1) is 23.4 Å². The maximum Gasteiger partial charge on any atom is 0.418 e. The van der Waals surface area contributed by atoms with Crippen LogP contribution in [0.1, 0.15) is 53.9 Å². The number of pyridine rings is 2. The fourth-order valence-corrected chi connectivity index (χ4v) is 6.88. The number of aromatic nitrogens is 2. The van der Waals surface area contributed by atoms with Crippen LogP contribution >= 0.6 is 0 Å². The summed E-state index contributed by atoms with van der Waals surface area (Å²) in [6.07, 6.45) is -2.73. The van der Waals surface area contributed by atoms with E-state index in [-0.39, 0.29) is 37.0 Å². The Hall–Kier alpha value is -4.93. The van der Waals surface area contributed by atoms with E-state index in [2.05, 4.69) is 4.98 Å². The van der Waals surface area contributed by atoms with Crippen molar-refractivity contribution in [1.29, 1.82) is 0 Å². The fraction of sp³-hybridized carbons (Fsp3) is 0.333. The van der Waals surface area contributed by atoms with Crippen LogP contribution in [0.5, 0.6) is 5.88 Å². The molecule has 4 aromatic rings. The average Bonchev–Trinajstić information content (AvgIpc) is 3.09. The lowest BCUT2D eigenvalue weighted by Gasteiger charge is -2.52. The molecule has 8 nitrogen and oxygen atoms in total. The van der Waals surface area contributed by atoms with Crippen molar-refractivity contribution in [2.45, 2.75) is 44.9 Å². The second-order valence-corrected chi connectivity index (χ2v) is 11.8. The summed E-state index contributed by atoms with van der Waals surface area (Å²) in [5, 5.41) is 0. The molecule has 47 heavy (non-hydrogen) atoms. The second-order valence-electron chi connectivity index (χ2n) is 11.8. The lowest BCUT2D eigenvalue weighted by atomic mass is 9.62. The predicted octanol–water partition coefficient (Wildman–Crippen LogP) is 7.53. The molecule has 0 radical (unpaired) electrons. The molecule has 4 heterocycles. The van der Waals surface area contributed by atoms with Crippen molar-refractivity contribution in [2.75, 3.05) is 31.1 Å². The Labute approximate surface area is 271 Å². The number of carbonyl (C=O) groups is 2. The highest BCUT2D eigenvalue weighted by Crippen LogP contribution is 2.48. The van der Waals surface area contributed by atoms with E-state index in [4.69, 9.17) is 14.5 Å². The van der Waals surface area contributed by atoms with Crippen molar-refractivity contribution in [1.82, 2.24) is 14.9 Å². The maximum atomic E-state index is 14.1. The molecule has 0 aliphatic carbocycles. The van der Waals surface area contributed by atoms with E-state index in [1.807, 2.05) is 56.3 Å². The number of imide groups is 1. The average molecular weight is 645 g/mol. The predicted molar refractivity (Wildman–Crippen MR) is 170 cm³/mol. The monoisotopic (exact) mass is 644 g/mol. The van der Waals surface area contributed by atoms with Gasteiger partial charge in [-0.3, -0.25) is 4.79 Å². The molecule has 1 fully saturated rings. The SMILES string of the molecule is CCOc1ncccc1-c1ccc2c(n1)C(=O)N(C(=O)OCc1ccccc1)C[C@]21CCN(c2ccccc2C(F)(F)F)C[C@H]1CC. The Morgan fingerprint density at radius 2 is 1.77 bits per heavy atom. The smallest absolute Gasteiger partial charge is 0.418 e. The van der Waals surface area contributed by atoms with Crippen LogP contribution in [0.2, 0.25) is 0 Å². The Bertz CT molecular complexity index is 1770. The molecule has 6 rings (SSSR count).